The summed E-state index contributed by atoms with van der Waals surface area (Å²) < 4.78 is 21.8. The van der Waals surface area contributed by atoms with Crippen molar-refractivity contribution in [3.05, 3.63) is 88.7 Å². The molecule has 8 rings (SSSR count). The van der Waals surface area contributed by atoms with Crippen molar-refractivity contribution in [1.29, 1.82) is 0 Å². The number of aromatic nitrogens is 2. The second-order valence-electron chi connectivity index (χ2n) is 16.1. The van der Waals surface area contributed by atoms with E-state index in [1.807, 2.05) is 41.3 Å². The molecule has 1 aliphatic heterocycles. The lowest BCUT2D eigenvalue weighted by Crippen LogP contribution is -2.58. The van der Waals surface area contributed by atoms with Crippen molar-refractivity contribution in [3.63, 3.8) is 0 Å². The second kappa shape index (κ2) is 15.5. The Morgan fingerprint density at radius 3 is 2.63 bits per heavy atom. The number of ether oxygens (including phenoxy) is 1. The van der Waals surface area contributed by atoms with Gasteiger partial charge in [-0.3, -0.25) is 14.6 Å². The fourth-order valence-corrected chi connectivity index (χ4v) is 9.19. The molecule has 4 fully saturated rings. The van der Waals surface area contributed by atoms with Crippen LogP contribution in [-0.4, -0.2) is 76.6 Å². The molecule has 5 atom stereocenters. The number of rotatable bonds is 10. The van der Waals surface area contributed by atoms with Crippen molar-refractivity contribution in [2.24, 2.45) is 33.9 Å². The van der Waals surface area contributed by atoms with Gasteiger partial charge in [-0.05, 0) is 116 Å². The summed E-state index contributed by atoms with van der Waals surface area (Å²) in [7, 11) is 1.51. The number of methoxy groups -OCH3 is 1. The summed E-state index contributed by atoms with van der Waals surface area (Å²) in [6, 6.07) is 16.7. The van der Waals surface area contributed by atoms with Crippen molar-refractivity contribution in [1.82, 2.24) is 19.4 Å². The molecule has 1 amide bonds. The van der Waals surface area contributed by atoms with Crippen LogP contribution in [0.15, 0.2) is 76.8 Å². The van der Waals surface area contributed by atoms with Crippen LogP contribution in [0.5, 0.6) is 5.75 Å². The largest absolute Gasteiger partial charge is 0.497 e. The van der Waals surface area contributed by atoms with Gasteiger partial charge in [0, 0.05) is 73.7 Å². The Balaban J connectivity index is 1.21. The number of hydrogen-bond acceptors (Lipinski definition) is 6. The van der Waals surface area contributed by atoms with Gasteiger partial charge in [-0.1, -0.05) is 26.8 Å². The maximum absolute atomic E-state index is 14.9. The van der Waals surface area contributed by atoms with E-state index in [1.165, 1.54) is 19.6 Å². The Morgan fingerprint density at radius 2 is 1.94 bits per heavy atom. The highest BCUT2D eigenvalue weighted by Gasteiger charge is 2.56. The van der Waals surface area contributed by atoms with Crippen LogP contribution in [0, 0.1) is 29.0 Å². The number of piperazine rings is 1. The van der Waals surface area contributed by atoms with Gasteiger partial charge in [-0.25, -0.2) is 9.38 Å². The summed E-state index contributed by atoms with van der Waals surface area (Å²) in [5, 5.41) is 5.05. The van der Waals surface area contributed by atoms with E-state index in [2.05, 4.69) is 42.9 Å². The van der Waals surface area contributed by atoms with E-state index in [0.717, 1.165) is 29.0 Å². The van der Waals surface area contributed by atoms with Crippen LogP contribution in [0.25, 0.3) is 22.0 Å². The van der Waals surface area contributed by atoms with Crippen molar-refractivity contribution in [2.75, 3.05) is 38.6 Å². The number of fused-ring (bicyclic) bond motifs is 3. The monoisotopic (exact) mass is 735 g/mol. The molecule has 2 aromatic carbocycles. The molecule has 10 nitrogen and oxygen atoms in total. The number of aliphatic imine (C=N–C) groups is 1. The number of hydrogen-bond donors (Lipinski definition) is 2. The highest BCUT2D eigenvalue weighted by atomic mass is 19.1. The number of nitrogens with zero attached hydrogens (tertiary/aromatic N) is 5. The van der Waals surface area contributed by atoms with Gasteiger partial charge in [0.15, 0.2) is 5.96 Å². The van der Waals surface area contributed by atoms with Gasteiger partial charge in [0.1, 0.15) is 11.6 Å². The van der Waals surface area contributed by atoms with Gasteiger partial charge >= 0.3 is 0 Å². The van der Waals surface area contributed by atoms with Crippen molar-refractivity contribution < 1.29 is 13.9 Å². The molecular weight excluding hydrogens is 682 g/mol. The predicted molar refractivity (Wildman–Crippen MR) is 213 cm³/mol. The van der Waals surface area contributed by atoms with E-state index >= 15 is 0 Å². The molecule has 4 aliphatic rings. The smallest absolute Gasteiger partial charge is 0.258 e. The molecule has 11 heteroatoms. The SMILES string of the molecule is COc1ccc(CCn2c(-c3cccnc3)cc3cc(NC(=N[C@H]4C[C@@H]5C[C@H]([C@@H]4C)C5(C)C)N4CCN(C(=O)CCCN)[C@@H](C)C4)ccc3c2=O)c(F)c1. The topological polar surface area (TPSA) is 118 Å². The lowest BCUT2D eigenvalue weighted by atomic mass is 9.45. The first kappa shape index (κ1) is 37.5. The molecule has 3 aliphatic carbocycles. The van der Waals surface area contributed by atoms with Crippen LogP contribution < -0.4 is 21.3 Å². The summed E-state index contributed by atoms with van der Waals surface area (Å²) in [6.07, 6.45) is 7.28. The Labute approximate surface area is 317 Å². The molecule has 54 heavy (non-hydrogen) atoms. The predicted octanol–water partition coefficient (Wildman–Crippen LogP) is 6.56. The standard InChI is InChI=1S/C43H54FN7O3/c1-27-26-49(18-19-50(27)40(52)9-6-15-45)42(48-38-23-32-22-36(28(38)2)43(32,3)4)47-33-11-13-35-31(20-33)21-39(30-8-7-16-46-25-30)51(41(35)53)17-14-29-10-12-34(54-5)24-37(29)44/h7-8,10-13,16,20-21,24-25,27-28,32,36,38H,6,9,14-15,17-19,22-23,26,45H2,1-5H3,(H,47,48)/t27-,28-,32-,36+,38-/m0/s1. The molecule has 3 N–H and O–H groups in total. The number of nitrogens with two attached hydrogens (primary N) is 1. The maximum Gasteiger partial charge on any atom is 0.258 e. The van der Waals surface area contributed by atoms with E-state index in [1.54, 1.807) is 29.1 Å². The van der Waals surface area contributed by atoms with Gasteiger partial charge in [-0.2, -0.15) is 0 Å². The zero-order chi connectivity index (χ0) is 38.1. The minimum Gasteiger partial charge on any atom is -0.497 e. The number of halogens is 1. The first-order valence-electron chi connectivity index (χ1n) is 19.5. The number of carbonyl (C=O) groups excluding carboxylic acids is 1. The Hall–Kier alpha value is -4.77. The Bertz CT molecular complexity index is 2080. The molecule has 4 aromatic rings. The van der Waals surface area contributed by atoms with Gasteiger partial charge in [0.05, 0.1) is 18.8 Å². The van der Waals surface area contributed by atoms with Crippen molar-refractivity contribution in [2.45, 2.75) is 78.4 Å². The van der Waals surface area contributed by atoms with Crippen LogP contribution in [-0.2, 0) is 17.8 Å². The highest BCUT2D eigenvalue weighted by Crippen LogP contribution is 2.61. The lowest BCUT2D eigenvalue weighted by Gasteiger charge is -2.61. The number of aryl methyl sites for hydroxylation is 1. The van der Waals surface area contributed by atoms with E-state index < -0.39 is 0 Å². The lowest BCUT2D eigenvalue weighted by molar-refractivity contribution is -0.135. The van der Waals surface area contributed by atoms with E-state index in [-0.39, 0.29) is 35.9 Å². The number of anilines is 1. The molecule has 286 valence electrons. The summed E-state index contributed by atoms with van der Waals surface area (Å²) in [5.74, 6) is 2.83. The molecule has 2 aromatic heterocycles. The number of guanidine groups is 1. The van der Waals surface area contributed by atoms with E-state index in [9.17, 15) is 14.0 Å². The number of pyridine rings is 2. The fourth-order valence-electron chi connectivity index (χ4n) is 9.19. The Kier molecular flexibility index (Phi) is 10.8. The summed E-state index contributed by atoms with van der Waals surface area (Å²) in [4.78, 5) is 41.3. The first-order chi connectivity index (χ1) is 26.0. The van der Waals surface area contributed by atoms with Gasteiger partial charge in [0.25, 0.3) is 5.56 Å². The number of benzene rings is 2. The average Bonchev–Trinajstić information content (AvgIpc) is 3.17. The van der Waals surface area contributed by atoms with E-state index in [0.29, 0.717) is 91.0 Å². The molecule has 0 radical (unpaired) electrons. The summed E-state index contributed by atoms with van der Waals surface area (Å²) in [6.45, 7) is 12.0. The summed E-state index contributed by atoms with van der Waals surface area (Å²) in [5.41, 5.74) is 8.75. The molecule has 2 bridgehead atoms. The number of nitrogens with one attached hydrogen (secondary N) is 1. The minimum atomic E-state index is -0.364. The van der Waals surface area contributed by atoms with Gasteiger partial charge < -0.3 is 30.2 Å². The second-order valence-corrected chi connectivity index (χ2v) is 16.1. The quantitative estimate of drug-likeness (QED) is 0.140. The average molecular weight is 736 g/mol. The number of amides is 1. The van der Waals surface area contributed by atoms with Gasteiger partial charge in [0.2, 0.25) is 5.91 Å². The number of carbonyl (C=O) groups is 1. The van der Waals surface area contributed by atoms with Crippen molar-refractivity contribution >= 4 is 28.3 Å². The van der Waals surface area contributed by atoms with Crippen molar-refractivity contribution in [3.8, 4) is 17.0 Å². The molecule has 0 unspecified atom stereocenters. The zero-order valence-electron chi connectivity index (χ0n) is 32.2. The molecular formula is C43H54FN7O3. The molecule has 1 saturated heterocycles. The zero-order valence-corrected chi connectivity index (χ0v) is 32.2. The van der Waals surface area contributed by atoms with Crippen LogP contribution in [0.2, 0.25) is 0 Å². The van der Waals surface area contributed by atoms with Crippen LogP contribution in [0.3, 0.4) is 0 Å². The fraction of sp³-hybridized carbons (Fsp3) is 0.488. The van der Waals surface area contributed by atoms with Crippen LogP contribution >= 0.6 is 0 Å². The highest BCUT2D eigenvalue weighted by molar-refractivity contribution is 5.97. The third-order valence-corrected chi connectivity index (χ3v) is 12.6. The normalized spacial score (nSPS) is 23.6. The third kappa shape index (κ3) is 7.34. The first-order valence-corrected chi connectivity index (χ1v) is 19.5. The van der Waals surface area contributed by atoms with Crippen LogP contribution in [0.4, 0.5) is 10.1 Å². The summed E-state index contributed by atoms with van der Waals surface area (Å²) >= 11 is 0. The van der Waals surface area contributed by atoms with E-state index in [4.69, 9.17) is 15.5 Å². The minimum absolute atomic E-state index is 0.0237. The molecule has 3 saturated carbocycles. The molecule has 3 heterocycles. The maximum atomic E-state index is 14.9. The Morgan fingerprint density at radius 1 is 1.11 bits per heavy atom. The van der Waals surface area contributed by atoms with Crippen LogP contribution in [0.1, 0.15) is 58.9 Å². The third-order valence-electron chi connectivity index (χ3n) is 12.6. The van der Waals surface area contributed by atoms with Gasteiger partial charge in [-0.15, -0.1) is 0 Å². The molecule has 0 spiro atoms.